The molecule has 29 heavy (non-hydrogen) atoms. The zero-order chi connectivity index (χ0) is 20.9. The number of halogens is 1. The molecule has 0 aliphatic carbocycles. The van der Waals surface area contributed by atoms with Gasteiger partial charge in [0.25, 0.3) is 0 Å². The Balaban J connectivity index is 1.62. The number of fused-ring (bicyclic) bond motifs is 1. The van der Waals surface area contributed by atoms with Crippen molar-refractivity contribution in [3.63, 3.8) is 0 Å². The number of carbonyl (C=O) groups excluding carboxylic acids is 1. The third-order valence-corrected chi connectivity index (χ3v) is 5.81. The Bertz CT molecular complexity index is 906. The highest BCUT2D eigenvalue weighted by Crippen LogP contribution is 2.46. The largest absolute Gasteiger partial charge is 0.407 e. The van der Waals surface area contributed by atoms with Crippen LogP contribution in [-0.4, -0.2) is 59.8 Å². The third kappa shape index (κ3) is 3.56. The number of rotatable bonds is 2. The van der Waals surface area contributed by atoms with Gasteiger partial charge in [-0.05, 0) is 17.7 Å². The van der Waals surface area contributed by atoms with Gasteiger partial charge in [-0.1, -0.05) is 38.0 Å². The molecular weight excluding hydrogens is 373 g/mol. The van der Waals surface area contributed by atoms with E-state index >= 15 is 0 Å². The van der Waals surface area contributed by atoms with Crippen LogP contribution in [0.3, 0.4) is 0 Å². The molecular formula is C21H28FN5O2. The minimum Gasteiger partial charge on any atom is -0.407 e. The predicted molar refractivity (Wildman–Crippen MR) is 107 cm³/mol. The second kappa shape index (κ2) is 7.00. The number of benzene rings is 1. The van der Waals surface area contributed by atoms with Crippen molar-refractivity contribution < 1.29 is 13.6 Å². The van der Waals surface area contributed by atoms with Crippen molar-refractivity contribution >= 4 is 12.0 Å². The van der Waals surface area contributed by atoms with Gasteiger partial charge < -0.3 is 19.1 Å². The molecule has 2 saturated heterocycles. The minimum absolute atomic E-state index is 0.0481. The summed E-state index contributed by atoms with van der Waals surface area (Å²) in [6.45, 7) is 8.16. The Morgan fingerprint density at radius 1 is 1.21 bits per heavy atom. The van der Waals surface area contributed by atoms with Gasteiger partial charge in [0.1, 0.15) is 5.82 Å². The average Bonchev–Trinajstić information content (AvgIpc) is 3.33. The molecule has 0 spiro atoms. The van der Waals surface area contributed by atoms with Gasteiger partial charge in [0, 0.05) is 51.0 Å². The van der Waals surface area contributed by atoms with E-state index in [1.807, 2.05) is 31.7 Å². The fourth-order valence-electron chi connectivity index (χ4n) is 4.42. The van der Waals surface area contributed by atoms with Crippen molar-refractivity contribution in [3.05, 3.63) is 41.5 Å². The van der Waals surface area contributed by atoms with E-state index in [1.54, 1.807) is 25.1 Å². The first-order valence-corrected chi connectivity index (χ1v) is 9.97. The van der Waals surface area contributed by atoms with Gasteiger partial charge in [-0.2, -0.15) is 0 Å². The Hall–Kier alpha value is -2.64. The molecule has 0 N–H and O–H groups in total. The summed E-state index contributed by atoms with van der Waals surface area (Å²) < 4.78 is 19.9. The van der Waals surface area contributed by atoms with Crippen LogP contribution in [-0.2, 0) is 5.41 Å². The normalized spacial score (nSPS) is 24.1. The standard InChI is InChI=1S/C21H28FN5O2/c1-21(2,3)18-23-24-19(29-18)26-10-14-11-27(20(28)25(4)5)17(16(14)12-26)13-7-6-8-15(22)9-13/h6-9,14,16-17H,10-12H2,1-5H3/t14-,16-,17-/m1/s1. The second-order valence-corrected chi connectivity index (χ2v) is 9.30. The summed E-state index contributed by atoms with van der Waals surface area (Å²) in [5.74, 6) is 0.753. The van der Waals surface area contributed by atoms with Gasteiger partial charge in [0.05, 0.1) is 6.04 Å². The molecule has 2 aromatic rings. The summed E-state index contributed by atoms with van der Waals surface area (Å²) in [5.41, 5.74) is 0.621. The third-order valence-electron chi connectivity index (χ3n) is 5.81. The Morgan fingerprint density at radius 3 is 2.59 bits per heavy atom. The zero-order valence-electron chi connectivity index (χ0n) is 17.6. The van der Waals surface area contributed by atoms with E-state index in [4.69, 9.17) is 4.42 Å². The molecule has 0 radical (unpaired) electrons. The van der Waals surface area contributed by atoms with Gasteiger partial charge in [-0.25, -0.2) is 9.18 Å². The lowest BCUT2D eigenvalue weighted by Gasteiger charge is -2.31. The van der Waals surface area contributed by atoms with Crippen molar-refractivity contribution in [3.8, 4) is 0 Å². The topological polar surface area (TPSA) is 65.7 Å². The van der Waals surface area contributed by atoms with E-state index in [0.29, 0.717) is 25.0 Å². The van der Waals surface area contributed by atoms with Crippen LogP contribution in [0.1, 0.15) is 38.3 Å². The minimum atomic E-state index is -0.287. The van der Waals surface area contributed by atoms with Gasteiger partial charge >= 0.3 is 12.0 Å². The molecule has 2 amide bonds. The summed E-state index contributed by atoms with van der Waals surface area (Å²) in [6, 6.07) is 6.87. The SMILES string of the molecule is CN(C)C(=O)N1C[C@H]2CN(c3nnc(C(C)(C)C)o3)C[C@H]2[C@H]1c1cccc(F)c1. The lowest BCUT2D eigenvalue weighted by atomic mass is 9.89. The number of aromatic nitrogens is 2. The van der Waals surface area contributed by atoms with E-state index in [0.717, 1.165) is 12.1 Å². The maximum atomic E-state index is 13.9. The van der Waals surface area contributed by atoms with Gasteiger partial charge in [-0.15, -0.1) is 5.10 Å². The van der Waals surface area contributed by atoms with Crippen LogP contribution in [0.2, 0.25) is 0 Å². The summed E-state index contributed by atoms with van der Waals surface area (Å²) >= 11 is 0. The van der Waals surface area contributed by atoms with E-state index < -0.39 is 0 Å². The van der Waals surface area contributed by atoms with Crippen LogP contribution in [0.5, 0.6) is 0 Å². The molecule has 3 heterocycles. The molecule has 0 unspecified atom stereocenters. The molecule has 2 fully saturated rings. The first-order valence-electron chi connectivity index (χ1n) is 9.97. The molecule has 2 aliphatic heterocycles. The molecule has 156 valence electrons. The van der Waals surface area contributed by atoms with Crippen LogP contribution in [0, 0.1) is 17.7 Å². The average molecular weight is 401 g/mol. The van der Waals surface area contributed by atoms with Gasteiger partial charge in [0.2, 0.25) is 5.89 Å². The van der Waals surface area contributed by atoms with Gasteiger partial charge in [-0.3, -0.25) is 0 Å². The molecule has 0 bridgehead atoms. The van der Waals surface area contributed by atoms with Crippen LogP contribution >= 0.6 is 0 Å². The molecule has 1 aromatic carbocycles. The number of likely N-dealkylation sites (tertiary alicyclic amines) is 1. The van der Waals surface area contributed by atoms with Crippen LogP contribution in [0.25, 0.3) is 0 Å². The number of urea groups is 1. The highest BCUT2D eigenvalue weighted by atomic mass is 19.1. The molecule has 0 saturated carbocycles. The monoisotopic (exact) mass is 401 g/mol. The summed E-state index contributed by atoms with van der Waals surface area (Å²) in [7, 11) is 3.50. The number of hydrogen-bond acceptors (Lipinski definition) is 5. The number of hydrogen-bond donors (Lipinski definition) is 0. The quantitative estimate of drug-likeness (QED) is 0.773. The van der Waals surface area contributed by atoms with Crippen LogP contribution in [0.4, 0.5) is 15.2 Å². The predicted octanol–water partition coefficient (Wildman–Crippen LogP) is 3.30. The number of nitrogens with zero attached hydrogens (tertiary/aromatic N) is 5. The van der Waals surface area contributed by atoms with E-state index in [9.17, 15) is 9.18 Å². The first kappa shape index (κ1) is 19.7. The van der Waals surface area contributed by atoms with E-state index in [1.165, 1.54) is 12.1 Å². The van der Waals surface area contributed by atoms with Crippen molar-refractivity contribution in [2.24, 2.45) is 11.8 Å². The zero-order valence-corrected chi connectivity index (χ0v) is 17.6. The van der Waals surface area contributed by atoms with E-state index in [2.05, 4.69) is 15.1 Å². The Labute approximate surface area is 170 Å². The first-order chi connectivity index (χ1) is 13.6. The number of anilines is 1. The van der Waals surface area contributed by atoms with Gasteiger partial charge in [0.15, 0.2) is 0 Å². The summed E-state index contributed by atoms with van der Waals surface area (Å²) in [5, 5.41) is 8.45. The lowest BCUT2D eigenvalue weighted by Crippen LogP contribution is -2.41. The smallest absolute Gasteiger partial charge is 0.320 e. The van der Waals surface area contributed by atoms with Crippen molar-refractivity contribution in [2.75, 3.05) is 38.6 Å². The highest BCUT2D eigenvalue weighted by Gasteiger charge is 2.50. The Morgan fingerprint density at radius 2 is 1.97 bits per heavy atom. The maximum Gasteiger partial charge on any atom is 0.320 e. The van der Waals surface area contributed by atoms with Crippen molar-refractivity contribution in [1.29, 1.82) is 0 Å². The fraction of sp³-hybridized carbons (Fsp3) is 0.571. The second-order valence-electron chi connectivity index (χ2n) is 9.30. The number of amides is 2. The number of carbonyl (C=O) groups is 1. The molecule has 3 atom stereocenters. The molecule has 8 heteroatoms. The molecule has 1 aromatic heterocycles. The summed E-state index contributed by atoms with van der Waals surface area (Å²) in [4.78, 5) is 18.4. The summed E-state index contributed by atoms with van der Waals surface area (Å²) in [6.07, 6.45) is 0. The lowest BCUT2D eigenvalue weighted by molar-refractivity contribution is 0.159. The molecule has 2 aliphatic rings. The Kier molecular flexibility index (Phi) is 4.75. The van der Waals surface area contributed by atoms with Crippen LogP contribution < -0.4 is 4.90 Å². The van der Waals surface area contributed by atoms with E-state index in [-0.39, 0.29) is 35.1 Å². The molecule has 7 nitrogen and oxygen atoms in total. The molecule has 4 rings (SSSR count). The van der Waals surface area contributed by atoms with Crippen molar-refractivity contribution in [1.82, 2.24) is 20.0 Å². The maximum absolute atomic E-state index is 13.9. The fourth-order valence-corrected chi connectivity index (χ4v) is 4.42. The van der Waals surface area contributed by atoms with Crippen molar-refractivity contribution in [2.45, 2.75) is 32.2 Å². The highest BCUT2D eigenvalue weighted by molar-refractivity contribution is 5.75. The van der Waals surface area contributed by atoms with Crippen LogP contribution in [0.15, 0.2) is 28.7 Å².